The van der Waals surface area contributed by atoms with Crippen molar-refractivity contribution >= 4 is 5.96 Å². The van der Waals surface area contributed by atoms with Gasteiger partial charge in [0, 0.05) is 6.04 Å². The van der Waals surface area contributed by atoms with E-state index in [1.165, 1.54) is 6.42 Å². The van der Waals surface area contributed by atoms with Crippen LogP contribution in [-0.4, -0.2) is 18.0 Å². The van der Waals surface area contributed by atoms with Gasteiger partial charge in [0.25, 0.3) is 0 Å². The van der Waals surface area contributed by atoms with Crippen LogP contribution in [0.4, 0.5) is 0 Å². The Balaban J connectivity index is 3.83. The van der Waals surface area contributed by atoms with Crippen molar-refractivity contribution < 1.29 is 0 Å². The lowest BCUT2D eigenvalue weighted by Crippen LogP contribution is -2.37. The molecule has 0 heterocycles. The van der Waals surface area contributed by atoms with Crippen LogP contribution in [0.3, 0.4) is 0 Å². The minimum Gasteiger partial charge on any atom is -0.370 e. The molecule has 14 heavy (non-hydrogen) atoms. The van der Waals surface area contributed by atoms with Crippen LogP contribution >= 0.6 is 0 Å². The van der Waals surface area contributed by atoms with Gasteiger partial charge in [-0.2, -0.15) is 0 Å². The van der Waals surface area contributed by atoms with Gasteiger partial charge in [0.1, 0.15) is 0 Å². The van der Waals surface area contributed by atoms with E-state index in [-0.39, 0.29) is 0 Å². The predicted molar refractivity (Wildman–Crippen MR) is 63.4 cm³/mol. The molecular formula is C11H25N3. The molecule has 3 heteroatoms. The summed E-state index contributed by atoms with van der Waals surface area (Å²) in [4.78, 5) is 4.37. The van der Waals surface area contributed by atoms with Crippen molar-refractivity contribution in [3.05, 3.63) is 0 Å². The van der Waals surface area contributed by atoms with Crippen molar-refractivity contribution in [2.45, 2.75) is 59.5 Å². The molecule has 3 nitrogen and oxygen atoms in total. The molecule has 0 amide bonds. The Morgan fingerprint density at radius 1 is 1.14 bits per heavy atom. The third kappa shape index (κ3) is 7.90. The average molecular weight is 199 g/mol. The van der Waals surface area contributed by atoms with Gasteiger partial charge in [-0.1, -0.05) is 13.8 Å². The first-order valence-electron chi connectivity index (χ1n) is 5.51. The van der Waals surface area contributed by atoms with Gasteiger partial charge in [-0.15, -0.1) is 0 Å². The minimum atomic E-state index is 0.323. The van der Waals surface area contributed by atoms with Gasteiger partial charge in [-0.05, 0) is 39.5 Å². The molecule has 0 saturated carbocycles. The largest absolute Gasteiger partial charge is 0.370 e. The molecule has 0 aliphatic carbocycles. The normalized spacial score (nSPS) is 14.9. The third-order valence-electron chi connectivity index (χ3n) is 1.96. The van der Waals surface area contributed by atoms with Crippen LogP contribution in [0.5, 0.6) is 0 Å². The molecule has 84 valence electrons. The van der Waals surface area contributed by atoms with Crippen molar-refractivity contribution in [3.8, 4) is 0 Å². The van der Waals surface area contributed by atoms with Crippen LogP contribution in [0.25, 0.3) is 0 Å². The summed E-state index contributed by atoms with van der Waals surface area (Å²) >= 11 is 0. The molecular weight excluding hydrogens is 174 g/mol. The van der Waals surface area contributed by atoms with Crippen LogP contribution in [0, 0.1) is 5.92 Å². The minimum absolute atomic E-state index is 0.323. The maximum absolute atomic E-state index is 5.72. The lowest BCUT2D eigenvalue weighted by Gasteiger charge is -2.12. The Kier molecular flexibility index (Phi) is 6.34. The number of hydrogen-bond acceptors (Lipinski definition) is 1. The number of hydrogen-bond donors (Lipinski definition) is 2. The van der Waals surface area contributed by atoms with Crippen molar-refractivity contribution in [2.24, 2.45) is 16.6 Å². The zero-order valence-electron chi connectivity index (χ0n) is 10.2. The highest BCUT2D eigenvalue weighted by Crippen LogP contribution is 2.08. The standard InChI is InChI=1S/C11H25N3/c1-8(2)6-7-10(5)14-11(12)13-9(3)4/h8-10H,6-7H2,1-5H3,(H3,12,13,14). The number of guanidine groups is 1. The van der Waals surface area contributed by atoms with E-state index in [1.807, 2.05) is 0 Å². The predicted octanol–water partition coefficient (Wildman–Crippen LogP) is 2.12. The van der Waals surface area contributed by atoms with Gasteiger partial charge in [0.05, 0.1) is 6.04 Å². The van der Waals surface area contributed by atoms with Crippen LogP contribution in [0.15, 0.2) is 4.99 Å². The molecule has 0 aromatic heterocycles. The first-order valence-corrected chi connectivity index (χ1v) is 5.51. The molecule has 3 N–H and O–H groups in total. The fourth-order valence-corrected chi connectivity index (χ4v) is 1.21. The Labute approximate surface area is 88.2 Å². The van der Waals surface area contributed by atoms with E-state index in [4.69, 9.17) is 5.73 Å². The summed E-state index contributed by atoms with van der Waals surface area (Å²) in [5.74, 6) is 1.31. The lowest BCUT2D eigenvalue weighted by atomic mass is 10.1. The highest BCUT2D eigenvalue weighted by molar-refractivity contribution is 5.78. The van der Waals surface area contributed by atoms with E-state index >= 15 is 0 Å². The van der Waals surface area contributed by atoms with Crippen LogP contribution in [0.2, 0.25) is 0 Å². The molecule has 0 saturated heterocycles. The second kappa shape index (κ2) is 6.68. The molecule has 0 aliphatic heterocycles. The van der Waals surface area contributed by atoms with Gasteiger partial charge < -0.3 is 11.1 Å². The highest BCUT2D eigenvalue weighted by atomic mass is 15.1. The average Bonchev–Trinajstić information content (AvgIpc) is 1.98. The van der Waals surface area contributed by atoms with Gasteiger partial charge >= 0.3 is 0 Å². The summed E-state index contributed by atoms with van der Waals surface area (Å²) in [6.45, 7) is 10.7. The molecule has 0 aromatic rings. The van der Waals surface area contributed by atoms with Crippen LogP contribution < -0.4 is 11.1 Å². The summed E-state index contributed by atoms with van der Waals surface area (Å²) in [5.41, 5.74) is 5.72. The second-order valence-corrected chi connectivity index (χ2v) is 4.63. The smallest absolute Gasteiger partial charge is 0.189 e. The van der Waals surface area contributed by atoms with E-state index in [2.05, 4.69) is 44.9 Å². The Morgan fingerprint density at radius 2 is 1.71 bits per heavy atom. The molecule has 0 aromatic carbocycles. The van der Waals surface area contributed by atoms with E-state index in [0.29, 0.717) is 18.0 Å². The molecule has 0 rings (SSSR count). The SMILES string of the molecule is CC(C)CCC(C)N=C(N)NC(C)C. The molecule has 0 fully saturated rings. The maximum atomic E-state index is 5.72. The number of nitrogens with zero attached hydrogens (tertiary/aromatic N) is 1. The third-order valence-corrected chi connectivity index (χ3v) is 1.96. The van der Waals surface area contributed by atoms with Crippen molar-refractivity contribution in [2.75, 3.05) is 0 Å². The summed E-state index contributed by atoms with van der Waals surface area (Å²) < 4.78 is 0. The lowest BCUT2D eigenvalue weighted by molar-refractivity contribution is 0.513. The molecule has 0 bridgehead atoms. The van der Waals surface area contributed by atoms with Crippen LogP contribution in [-0.2, 0) is 0 Å². The monoisotopic (exact) mass is 199 g/mol. The van der Waals surface area contributed by atoms with Crippen molar-refractivity contribution in [3.63, 3.8) is 0 Å². The molecule has 0 aliphatic rings. The fourth-order valence-electron chi connectivity index (χ4n) is 1.21. The van der Waals surface area contributed by atoms with Gasteiger partial charge in [0.2, 0.25) is 0 Å². The number of aliphatic imine (C=N–C) groups is 1. The Bertz CT molecular complexity index is 173. The summed E-state index contributed by atoms with van der Waals surface area (Å²) in [5, 5.41) is 3.09. The summed E-state index contributed by atoms with van der Waals surface area (Å²) in [6.07, 6.45) is 2.32. The molecule has 1 atom stereocenters. The van der Waals surface area contributed by atoms with E-state index < -0.39 is 0 Å². The fraction of sp³-hybridized carbons (Fsp3) is 0.909. The number of nitrogens with two attached hydrogens (primary N) is 1. The van der Waals surface area contributed by atoms with Crippen molar-refractivity contribution in [1.82, 2.24) is 5.32 Å². The van der Waals surface area contributed by atoms with Gasteiger partial charge in [-0.3, -0.25) is 4.99 Å². The zero-order valence-corrected chi connectivity index (χ0v) is 10.2. The maximum Gasteiger partial charge on any atom is 0.189 e. The van der Waals surface area contributed by atoms with Gasteiger partial charge in [-0.25, -0.2) is 0 Å². The van der Waals surface area contributed by atoms with Crippen molar-refractivity contribution in [1.29, 1.82) is 0 Å². The summed E-state index contributed by atoms with van der Waals surface area (Å²) in [6, 6.07) is 0.680. The van der Waals surface area contributed by atoms with E-state index in [9.17, 15) is 0 Å². The van der Waals surface area contributed by atoms with Gasteiger partial charge in [0.15, 0.2) is 5.96 Å². The summed E-state index contributed by atoms with van der Waals surface area (Å²) in [7, 11) is 0. The molecule has 0 spiro atoms. The zero-order chi connectivity index (χ0) is 11.1. The number of rotatable bonds is 5. The highest BCUT2D eigenvalue weighted by Gasteiger charge is 2.03. The quantitative estimate of drug-likeness (QED) is 0.526. The number of nitrogens with one attached hydrogen (secondary N) is 1. The first kappa shape index (κ1) is 13.3. The van der Waals surface area contributed by atoms with Crippen LogP contribution in [0.1, 0.15) is 47.5 Å². The van der Waals surface area contributed by atoms with E-state index in [0.717, 1.165) is 12.3 Å². The molecule has 1 unspecified atom stereocenters. The first-order chi connectivity index (χ1) is 6.41. The second-order valence-electron chi connectivity index (χ2n) is 4.63. The Morgan fingerprint density at radius 3 is 2.14 bits per heavy atom. The molecule has 0 radical (unpaired) electrons. The Hall–Kier alpha value is -0.730. The van der Waals surface area contributed by atoms with E-state index in [1.54, 1.807) is 0 Å². The topological polar surface area (TPSA) is 50.4 Å².